The van der Waals surface area contributed by atoms with E-state index >= 15 is 0 Å². The standard InChI is InChI=1S/C14H17FO4/c1-10(2)18-5-6-19-13-8-11(3-4-14(16)17)7-12(15)9-13/h3-4,7-10H,5-6H2,1-2H3,(H,16,17)/b4-3+. The number of rotatable bonds is 7. The van der Waals surface area contributed by atoms with Gasteiger partial charge in [0.25, 0.3) is 0 Å². The number of carboxylic acid groups (broad SMARTS) is 1. The van der Waals surface area contributed by atoms with E-state index in [0.717, 1.165) is 6.08 Å². The summed E-state index contributed by atoms with van der Waals surface area (Å²) >= 11 is 0. The minimum Gasteiger partial charge on any atom is -0.491 e. The van der Waals surface area contributed by atoms with E-state index < -0.39 is 11.8 Å². The number of carbonyl (C=O) groups is 1. The fraction of sp³-hybridized carbons (Fsp3) is 0.357. The van der Waals surface area contributed by atoms with Gasteiger partial charge in [-0.15, -0.1) is 0 Å². The first-order valence-corrected chi connectivity index (χ1v) is 5.93. The first kappa shape index (κ1) is 15.2. The van der Waals surface area contributed by atoms with E-state index in [4.69, 9.17) is 14.6 Å². The van der Waals surface area contributed by atoms with Crippen molar-refractivity contribution in [1.29, 1.82) is 0 Å². The van der Waals surface area contributed by atoms with Crippen LogP contribution < -0.4 is 4.74 Å². The Morgan fingerprint density at radius 2 is 2.11 bits per heavy atom. The van der Waals surface area contributed by atoms with Crippen molar-refractivity contribution in [3.8, 4) is 5.75 Å². The zero-order valence-corrected chi connectivity index (χ0v) is 10.9. The molecule has 0 saturated carbocycles. The van der Waals surface area contributed by atoms with Gasteiger partial charge in [0.15, 0.2) is 0 Å². The van der Waals surface area contributed by atoms with Crippen molar-refractivity contribution in [3.63, 3.8) is 0 Å². The lowest BCUT2D eigenvalue weighted by Gasteiger charge is -2.09. The second-order valence-corrected chi connectivity index (χ2v) is 4.16. The van der Waals surface area contributed by atoms with Gasteiger partial charge >= 0.3 is 5.97 Å². The predicted molar refractivity (Wildman–Crippen MR) is 69.7 cm³/mol. The highest BCUT2D eigenvalue weighted by atomic mass is 19.1. The number of hydrogen-bond donors (Lipinski definition) is 1. The first-order valence-electron chi connectivity index (χ1n) is 5.93. The van der Waals surface area contributed by atoms with Crippen LogP contribution in [0.25, 0.3) is 6.08 Å². The third-order valence-corrected chi connectivity index (χ3v) is 2.12. The van der Waals surface area contributed by atoms with Crippen molar-refractivity contribution >= 4 is 12.0 Å². The van der Waals surface area contributed by atoms with Crippen LogP contribution in [0, 0.1) is 5.82 Å². The van der Waals surface area contributed by atoms with Crippen LogP contribution in [0.3, 0.4) is 0 Å². The number of aliphatic carboxylic acids is 1. The minimum absolute atomic E-state index is 0.116. The average molecular weight is 268 g/mol. The number of ether oxygens (including phenoxy) is 2. The Bertz CT molecular complexity index is 455. The molecule has 0 saturated heterocycles. The van der Waals surface area contributed by atoms with Crippen LogP contribution in [0.2, 0.25) is 0 Å². The monoisotopic (exact) mass is 268 g/mol. The van der Waals surface area contributed by atoms with E-state index in [9.17, 15) is 9.18 Å². The van der Waals surface area contributed by atoms with E-state index in [-0.39, 0.29) is 6.10 Å². The predicted octanol–water partition coefficient (Wildman–Crippen LogP) is 2.73. The number of halogens is 1. The lowest BCUT2D eigenvalue weighted by molar-refractivity contribution is -0.131. The van der Waals surface area contributed by atoms with Gasteiger partial charge in [-0.25, -0.2) is 9.18 Å². The molecule has 4 nitrogen and oxygen atoms in total. The molecule has 0 aliphatic rings. The Kier molecular flexibility index (Phi) is 6.02. The second kappa shape index (κ2) is 7.53. The molecule has 0 amide bonds. The summed E-state index contributed by atoms with van der Waals surface area (Å²) in [6.45, 7) is 4.55. The van der Waals surface area contributed by atoms with Crippen LogP contribution >= 0.6 is 0 Å². The average Bonchev–Trinajstić information content (AvgIpc) is 2.31. The third-order valence-electron chi connectivity index (χ3n) is 2.12. The van der Waals surface area contributed by atoms with Crippen molar-refractivity contribution in [2.45, 2.75) is 20.0 Å². The van der Waals surface area contributed by atoms with Crippen LogP contribution in [0.4, 0.5) is 4.39 Å². The molecule has 0 aromatic heterocycles. The Morgan fingerprint density at radius 1 is 1.37 bits per heavy atom. The van der Waals surface area contributed by atoms with E-state index in [1.165, 1.54) is 18.2 Å². The lowest BCUT2D eigenvalue weighted by Crippen LogP contribution is -2.11. The van der Waals surface area contributed by atoms with Crippen molar-refractivity contribution in [2.75, 3.05) is 13.2 Å². The minimum atomic E-state index is -1.09. The van der Waals surface area contributed by atoms with E-state index in [1.807, 2.05) is 13.8 Å². The van der Waals surface area contributed by atoms with Gasteiger partial charge in [-0.1, -0.05) is 0 Å². The zero-order chi connectivity index (χ0) is 14.3. The summed E-state index contributed by atoms with van der Waals surface area (Å²) in [5.74, 6) is -1.22. The molecule has 1 aromatic rings. The molecule has 0 unspecified atom stereocenters. The van der Waals surface area contributed by atoms with Gasteiger partial charge in [0, 0.05) is 12.1 Å². The van der Waals surface area contributed by atoms with E-state index in [2.05, 4.69) is 0 Å². The smallest absolute Gasteiger partial charge is 0.328 e. The van der Waals surface area contributed by atoms with Gasteiger partial charge in [-0.3, -0.25) is 0 Å². The quantitative estimate of drug-likeness (QED) is 0.610. The Morgan fingerprint density at radius 3 is 2.74 bits per heavy atom. The lowest BCUT2D eigenvalue weighted by atomic mass is 10.2. The van der Waals surface area contributed by atoms with Crippen molar-refractivity contribution in [1.82, 2.24) is 0 Å². The Hall–Kier alpha value is -1.88. The summed E-state index contributed by atoms with van der Waals surface area (Å²) in [7, 11) is 0. The van der Waals surface area contributed by atoms with Gasteiger partial charge in [0.1, 0.15) is 18.2 Å². The topological polar surface area (TPSA) is 55.8 Å². The van der Waals surface area contributed by atoms with Crippen molar-refractivity contribution in [3.05, 3.63) is 35.7 Å². The highest BCUT2D eigenvalue weighted by Crippen LogP contribution is 2.17. The van der Waals surface area contributed by atoms with Crippen LogP contribution in [-0.4, -0.2) is 30.4 Å². The molecule has 1 N–H and O–H groups in total. The molecule has 0 bridgehead atoms. The SMILES string of the molecule is CC(C)OCCOc1cc(F)cc(/C=C/C(=O)O)c1. The molecule has 1 rings (SSSR count). The van der Waals surface area contributed by atoms with Gasteiger partial charge in [-0.05, 0) is 37.6 Å². The van der Waals surface area contributed by atoms with Gasteiger partial charge < -0.3 is 14.6 Å². The number of benzene rings is 1. The Balaban J connectivity index is 2.61. The summed E-state index contributed by atoms with van der Waals surface area (Å²) in [4.78, 5) is 10.4. The summed E-state index contributed by atoms with van der Waals surface area (Å²) in [5, 5.41) is 8.51. The van der Waals surface area contributed by atoms with Crippen molar-refractivity contribution in [2.24, 2.45) is 0 Å². The van der Waals surface area contributed by atoms with Crippen molar-refractivity contribution < 1.29 is 23.8 Å². The van der Waals surface area contributed by atoms with Crippen LogP contribution in [0.1, 0.15) is 19.4 Å². The summed E-state index contributed by atoms with van der Waals surface area (Å²) < 4.78 is 23.9. The summed E-state index contributed by atoms with van der Waals surface area (Å²) in [6, 6.07) is 4.04. The first-order chi connectivity index (χ1) is 8.97. The molecule has 0 heterocycles. The maximum atomic E-state index is 13.3. The molecule has 19 heavy (non-hydrogen) atoms. The fourth-order valence-corrected chi connectivity index (χ4v) is 1.37. The molecule has 0 aliphatic heterocycles. The molecule has 0 fully saturated rings. The number of carboxylic acids is 1. The van der Waals surface area contributed by atoms with E-state index in [1.54, 1.807) is 6.07 Å². The maximum Gasteiger partial charge on any atom is 0.328 e. The highest BCUT2D eigenvalue weighted by Gasteiger charge is 2.01. The van der Waals surface area contributed by atoms with E-state index in [0.29, 0.717) is 24.5 Å². The zero-order valence-electron chi connectivity index (χ0n) is 10.9. The Labute approximate surface area is 111 Å². The summed E-state index contributed by atoms with van der Waals surface area (Å²) in [6.07, 6.45) is 2.37. The van der Waals surface area contributed by atoms with Gasteiger partial charge in [0.2, 0.25) is 0 Å². The third kappa shape index (κ3) is 6.57. The molecule has 0 radical (unpaired) electrons. The molecule has 0 spiro atoms. The van der Waals surface area contributed by atoms with Crippen LogP contribution in [-0.2, 0) is 9.53 Å². The summed E-state index contributed by atoms with van der Waals surface area (Å²) in [5.41, 5.74) is 0.433. The molecular weight excluding hydrogens is 251 g/mol. The highest BCUT2D eigenvalue weighted by molar-refractivity contribution is 5.85. The van der Waals surface area contributed by atoms with Gasteiger partial charge in [0.05, 0.1) is 12.7 Å². The molecule has 1 aromatic carbocycles. The molecule has 0 aliphatic carbocycles. The molecule has 0 atom stereocenters. The van der Waals surface area contributed by atoms with Crippen LogP contribution in [0.15, 0.2) is 24.3 Å². The second-order valence-electron chi connectivity index (χ2n) is 4.16. The normalized spacial score (nSPS) is 11.2. The number of hydrogen-bond acceptors (Lipinski definition) is 3. The molecular formula is C14H17FO4. The molecule has 104 valence electrons. The van der Waals surface area contributed by atoms with Crippen LogP contribution in [0.5, 0.6) is 5.75 Å². The van der Waals surface area contributed by atoms with Gasteiger partial charge in [-0.2, -0.15) is 0 Å². The molecule has 5 heteroatoms. The largest absolute Gasteiger partial charge is 0.491 e. The maximum absolute atomic E-state index is 13.3. The fourth-order valence-electron chi connectivity index (χ4n) is 1.37.